The molecule has 0 spiro atoms. The third-order valence-corrected chi connectivity index (χ3v) is 4.61. The SMILES string of the molecule is CNCC1C=C(c2ccccc2F)c2cc(Cl)ccc2-n2cnnc21. The Morgan fingerprint density at radius 2 is 2.04 bits per heavy atom. The van der Waals surface area contributed by atoms with E-state index in [0.717, 1.165) is 22.6 Å². The van der Waals surface area contributed by atoms with Crippen molar-refractivity contribution < 1.29 is 4.39 Å². The lowest BCUT2D eigenvalue weighted by molar-refractivity contribution is 0.624. The average molecular weight is 355 g/mol. The topological polar surface area (TPSA) is 42.7 Å². The Hall–Kier alpha value is -2.50. The zero-order valence-electron chi connectivity index (χ0n) is 13.6. The highest BCUT2D eigenvalue weighted by molar-refractivity contribution is 6.30. The van der Waals surface area contributed by atoms with Crippen LogP contribution in [0.4, 0.5) is 4.39 Å². The van der Waals surface area contributed by atoms with Gasteiger partial charge in [0.1, 0.15) is 18.0 Å². The fraction of sp³-hybridized carbons (Fsp3) is 0.158. The molecule has 4 rings (SSSR count). The quantitative estimate of drug-likeness (QED) is 0.777. The van der Waals surface area contributed by atoms with Crippen molar-refractivity contribution in [3.8, 4) is 5.69 Å². The van der Waals surface area contributed by atoms with Gasteiger partial charge in [-0.25, -0.2) is 4.39 Å². The molecule has 25 heavy (non-hydrogen) atoms. The highest BCUT2D eigenvalue weighted by Crippen LogP contribution is 2.37. The third kappa shape index (κ3) is 2.75. The number of halogens is 2. The van der Waals surface area contributed by atoms with Gasteiger partial charge in [-0.05, 0) is 36.9 Å². The van der Waals surface area contributed by atoms with Crippen molar-refractivity contribution in [3.63, 3.8) is 0 Å². The minimum Gasteiger partial charge on any atom is -0.319 e. The molecule has 6 heteroatoms. The number of hydrogen-bond acceptors (Lipinski definition) is 3. The van der Waals surface area contributed by atoms with E-state index in [1.54, 1.807) is 18.5 Å². The van der Waals surface area contributed by atoms with Crippen LogP contribution >= 0.6 is 11.6 Å². The van der Waals surface area contributed by atoms with Crippen molar-refractivity contribution in [2.24, 2.45) is 0 Å². The molecule has 0 fully saturated rings. The molecule has 0 bridgehead atoms. The molecule has 0 amide bonds. The van der Waals surface area contributed by atoms with Gasteiger partial charge < -0.3 is 5.32 Å². The number of nitrogens with zero attached hydrogens (tertiary/aromatic N) is 3. The van der Waals surface area contributed by atoms with Gasteiger partial charge in [0.05, 0.1) is 11.6 Å². The van der Waals surface area contributed by atoms with Gasteiger partial charge in [-0.15, -0.1) is 10.2 Å². The van der Waals surface area contributed by atoms with Gasteiger partial charge in [0.2, 0.25) is 0 Å². The standard InChI is InChI=1S/C19H16ClFN4/c1-22-10-12-8-15(14-4-2-3-5-17(14)21)16-9-13(20)6-7-18(16)25-11-23-24-19(12)25/h2-9,11-12,22H,10H2,1H3. The monoisotopic (exact) mass is 354 g/mol. The third-order valence-electron chi connectivity index (χ3n) is 4.37. The first kappa shape index (κ1) is 16.0. The lowest BCUT2D eigenvalue weighted by atomic mass is 9.93. The lowest BCUT2D eigenvalue weighted by Crippen LogP contribution is -2.18. The Morgan fingerprint density at radius 3 is 2.84 bits per heavy atom. The van der Waals surface area contributed by atoms with Gasteiger partial charge in [-0.2, -0.15) is 0 Å². The first-order valence-electron chi connectivity index (χ1n) is 8.00. The number of aromatic nitrogens is 3. The van der Waals surface area contributed by atoms with E-state index >= 15 is 0 Å². The predicted molar refractivity (Wildman–Crippen MR) is 96.5 cm³/mol. The molecule has 0 saturated heterocycles. The molecule has 4 nitrogen and oxygen atoms in total. The molecule has 1 N–H and O–H groups in total. The fourth-order valence-corrected chi connectivity index (χ4v) is 3.44. The lowest BCUT2D eigenvalue weighted by Gasteiger charge is -2.13. The molecule has 126 valence electrons. The summed E-state index contributed by atoms with van der Waals surface area (Å²) in [6.07, 6.45) is 3.72. The highest BCUT2D eigenvalue weighted by atomic mass is 35.5. The van der Waals surface area contributed by atoms with Crippen molar-refractivity contribution in [1.82, 2.24) is 20.1 Å². The second-order valence-electron chi connectivity index (χ2n) is 5.94. The molecule has 2 aromatic carbocycles. The van der Waals surface area contributed by atoms with Crippen LogP contribution in [0, 0.1) is 5.82 Å². The smallest absolute Gasteiger partial charge is 0.145 e. The number of benzene rings is 2. The summed E-state index contributed by atoms with van der Waals surface area (Å²) in [6, 6.07) is 12.4. The Kier molecular flexibility index (Phi) is 4.11. The van der Waals surface area contributed by atoms with E-state index in [9.17, 15) is 4.39 Å². The fourth-order valence-electron chi connectivity index (χ4n) is 3.27. The Balaban J connectivity index is 2.03. The van der Waals surface area contributed by atoms with Gasteiger partial charge in [-0.3, -0.25) is 4.57 Å². The second kappa shape index (κ2) is 6.43. The van der Waals surface area contributed by atoms with Gasteiger partial charge in [0, 0.05) is 22.7 Å². The van der Waals surface area contributed by atoms with Crippen LogP contribution in [0.2, 0.25) is 5.02 Å². The number of rotatable bonds is 3. The minimum atomic E-state index is -0.263. The Labute approximate surface area is 150 Å². The molecule has 1 aliphatic heterocycles. The van der Waals surface area contributed by atoms with Crippen LogP contribution in [-0.4, -0.2) is 28.4 Å². The van der Waals surface area contributed by atoms with E-state index in [1.807, 2.05) is 42.0 Å². The summed E-state index contributed by atoms with van der Waals surface area (Å²) >= 11 is 6.25. The van der Waals surface area contributed by atoms with Crippen LogP contribution in [0.25, 0.3) is 11.3 Å². The molecule has 0 radical (unpaired) electrons. The maximum Gasteiger partial charge on any atom is 0.145 e. The van der Waals surface area contributed by atoms with Crippen LogP contribution < -0.4 is 5.32 Å². The molecule has 0 saturated carbocycles. The normalized spacial score (nSPS) is 16.0. The first-order valence-corrected chi connectivity index (χ1v) is 8.38. The Bertz CT molecular complexity index is 964. The summed E-state index contributed by atoms with van der Waals surface area (Å²) in [5.74, 6) is 0.498. The summed E-state index contributed by atoms with van der Waals surface area (Å²) in [4.78, 5) is 0. The van der Waals surface area contributed by atoms with E-state index in [4.69, 9.17) is 11.6 Å². The summed E-state index contributed by atoms with van der Waals surface area (Å²) in [7, 11) is 1.88. The van der Waals surface area contributed by atoms with E-state index < -0.39 is 0 Å². The highest BCUT2D eigenvalue weighted by Gasteiger charge is 2.26. The van der Waals surface area contributed by atoms with Crippen LogP contribution in [-0.2, 0) is 0 Å². The van der Waals surface area contributed by atoms with Gasteiger partial charge in [0.15, 0.2) is 0 Å². The second-order valence-corrected chi connectivity index (χ2v) is 6.38. The summed E-state index contributed by atoms with van der Waals surface area (Å²) in [5.41, 5.74) is 3.10. The predicted octanol–water partition coefficient (Wildman–Crippen LogP) is 3.81. The largest absolute Gasteiger partial charge is 0.319 e. The van der Waals surface area contributed by atoms with Crippen LogP contribution in [0.1, 0.15) is 22.9 Å². The molecule has 1 atom stereocenters. The number of fused-ring (bicyclic) bond motifs is 3. The van der Waals surface area contributed by atoms with E-state index in [0.29, 0.717) is 17.1 Å². The summed E-state index contributed by atoms with van der Waals surface area (Å²) in [5, 5.41) is 12.1. The van der Waals surface area contributed by atoms with Crippen molar-refractivity contribution >= 4 is 17.2 Å². The van der Waals surface area contributed by atoms with Crippen LogP contribution in [0.3, 0.4) is 0 Å². The summed E-state index contributed by atoms with van der Waals surface area (Å²) in [6.45, 7) is 0.665. The zero-order valence-corrected chi connectivity index (χ0v) is 14.3. The van der Waals surface area contributed by atoms with Crippen molar-refractivity contribution in [3.05, 3.63) is 82.7 Å². The Morgan fingerprint density at radius 1 is 1.20 bits per heavy atom. The van der Waals surface area contributed by atoms with Gasteiger partial charge in [0.25, 0.3) is 0 Å². The zero-order chi connectivity index (χ0) is 17.4. The number of nitrogens with one attached hydrogen (secondary N) is 1. The van der Waals surface area contributed by atoms with Gasteiger partial charge in [-0.1, -0.05) is 35.9 Å². The maximum atomic E-state index is 14.5. The number of likely N-dealkylation sites (N-methyl/N-ethyl adjacent to an activating group) is 1. The van der Waals surface area contributed by atoms with E-state index in [-0.39, 0.29) is 11.7 Å². The average Bonchev–Trinajstić information content (AvgIpc) is 3.05. The summed E-state index contributed by atoms with van der Waals surface area (Å²) < 4.78 is 16.5. The molecule has 0 aliphatic carbocycles. The van der Waals surface area contributed by atoms with Crippen molar-refractivity contribution in [2.45, 2.75) is 5.92 Å². The van der Waals surface area contributed by atoms with Crippen molar-refractivity contribution in [2.75, 3.05) is 13.6 Å². The van der Waals surface area contributed by atoms with Crippen molar-refractivity contribution in [1.29, 1.82) is 0 Å². The molecular weight excluding hydrogens is 339 g/mol. The van der Waals surface area contributed by atoms with E-state index in [2.05, 4.69) is 15.5 Å². The molecular formula is C19H16ClFN4. The first-order chi connectivity index (χ1) is 12.2. The van der Waals surface area contributed by atoms with Crippen LogP contribution in [0.5, 0.6) is 0 Å². The molecule has 2 heterocycles. The number of hydrogen-bond donors (Lipinski definition) is 1. The van der Waals surface area contributed by atoms with Crippen LogP contribution in [0.15, 0.2) is 54.9 Å². The minimum absolute atomic E-state index is 0.0479. The maximum absolute atomic E-state index is 14.5. The van der Waals surface area contributed by atoms with Gasteiger partial charge >= 0.3 is 0 Å². The molecule has 1 aliphatic rings. The molecule has 1 unspecified atom stereocenters. The molecule has 1 aromatic heterocycles. The molecule has 3 aromatic rings. The van der Waals surface area contributed by atoms with E-state index in [1.165, 1.54) is 6.07 Å².